The van der Waals surface area contributed by atoms with Crippen LogP contribution in [-0.2, 0) is 5.41 Å². The van der Waals surface area contributed by atoms with E-state index in [2.05, 4.69) is 136 Å². The zero-order chi connectivity index (χ0) is 29.5. The van der Waals surface area contributed by atoms with Gasteiger partial charge in [-0.15, -0.1) is 0 Å². The van der Waals surface area contributed by atoms with Crippen molar-refractivity contribution in [1.29, 1.82) is 0 Å². The standard InChI is InChI=1S/C41H33NO/c1-6-35-39(40-26(3)30-11-7-9-13-34(30)41(40,4)5)33-23-25(2)15-21-36(33)42(35)29-19-16-27(17-20-29)28-18-22-38-32(24-28)31-12-8-10-14-37(31)43-38/h6-24H,1H2,2-5H3. The number of aromatic nitrogens is 1. The monoisotopic (exact) mass is 555 g/mol. The molecule has 1 aliphatic carbocycles. The summed E-state index contributed by atoms with van der Waals surface area (Å²) in [6.45, 7) is 13.5. The molecule has 2 aromatic heterocycles. The summed E-state index contributed by atoms with van der Waals surface area (Å²) in [6, 6.07) is 39.3. The molecule has 2 heteroatoms. The maximum Gasteiger partial charge on any atom is 0.135 e. The summed E-state index contributed by atoms with van der Waals surface area (Å²) in [6.07, 6.45) is 2.04. The highest BCUT2D eigenvalue weighted by Gasteiger charge is 2.39. The average Bonchev–Trinajstić information content (AvgIpc) is 3.62. The molecule has 43 heavy (non-hydrogen) atoms. The predicted octanol–water partition coefficient (Wildman–Crippen LogP) is 11.4. The van der Waals surface area contributed by atoms with Gasteiger partial charge in [-0.1, -0.05) is 92.7 Å². The first-order chi connectivity index (χ1) is 20.9. The maximum absolute atomic E-state index is 6.07. The lowest BCUT2D eigenvalue weighted by molar-refractivity contribution is 0.669. The molecule has 5 aromatic carbocycles. The second-order valence-electron chi connectivity index (χ2n) is 12.3. The van der Waals surface area contributed by atoms with Gasteiger partial charge in [0, 0.05) is 32.8 Å². The largest absolute Gasteiger partial charge is 0.456 e. The first kappa shape index (κ1) is 25.6. The second-order valence-corrected chi connectivity index (χ2v) is 12.3. The summed E-state index contributed by atoms with van der Waals surface area (Å²) in [5.41, 5.74) is 15.5. The minimum Gasteiger partial charge on any atom is -0.456 e. The van der Waals surface area contributed by atoms with Crippen LogP contribution in [0.5, 0.6) is 0 Å². The molecule has 0 saturated heterocycles. The quantitative estimate of drug-likeness (QED) is 0.211. The minimum absolute atomic E-state index is 0.124. The molecule has 0 aliphatic heterocycles. The Balaban J connectivity index is 1.30. The smallest absolute Gasteiger partial charge is 0.135 e. The molecule has 0 spiro atoms. The lowest BCUT2D eigenvalue weighted by Crippen LogP contribution is -2.17. The second kappa shape index (κ2) is 9.21. The van der Waals surface area contributed by atoms with Crippen LogP contribution < -0.4 is 0 Å². The van der Waals surface area contributed by atoms with Crippen molar-refractivity contribution in [3.8, 4) is 16.8 Å². The van der Waals surface area contributed by atoms with Crippen LogP contribution in [0.25, 0.3) is 66.9 Å². The van der Waals surface area contributed by atoms with E-state index in [9.17, 15) is 0 Å². The van der Waals surface area contributed by atoms with Crippen LogP contribution in [0.2, 0.25) is 0 Å². The molecule has 0 radical (unpaired) electrons. The Morgan fingerprint density at radius 2 is 1.42 bits per heavy atom. The summed E-state index contributed by atoms with van der Waals surface area (Å²) >= 11 is 0. The highest BCUT2D eigenvalue weighted by Crippen LogP contribution is 2.53. The highest BCUT2D eigenvalue weighted by atomic mass is 16.3. The van der Waals surface area contributed by atoms with Gasteiger partial charge in [-0.25, -0.2) is 0 Å². The molecule has 0 bridgehead atoms. The number of benzene rings is 5. The van der Waals surface area contributed by atoms with Crippen molar-refractivity contribution >= 4 is 50.1 Å². The average molecular weight is 556 g/mol. The van der Waals surface area contributed by atoms with Gasteiger partial charge in [0.15, 0.2) is 0 Å². The van der Waals surface area contributed by atoms with Crippen molar-refractivity contribution in [3.05, 3.63) is 144 Å². The van der Waals surface area contributed by atoms with Crippen molar-refractivity contribution in [2.45, 2.75) is 33.1 Å². The van der Waals surface area contributed by atoms with E-state index < -0.39 is 0 Å². The number of hydrogen-bond acceptors (Lipinski definition) is 1. The topological polar surface area (TPSA) is 18.1 Å². The third-order valence-corrected chi connectivity index (χ3v) is 9.44. The van der Waals surface area contributed by atoms with Crippen LogP contribution in [-0.4, -0.2) is 4.57 Å². The van der Waals surface area contributed by atoms with Crippen LogP contribution in [0.3, 0.4) is 0 Å². The number of para-hydroxylation sites is 1. The molecule has 208 valence electrons. The number of aryl methyl sites for hydroxylation is 1. The predicted molar refractivity (Wildman–Crippen MR) is 183 cm³/mol. The van der Waals surface area contributed by atoms with Crippen LogP contribution in [0.4, 0.5) is 0 Å². The third-order valence-electron chi connectivity index (χ3n) is 9.44. The highest BCUT2D eigenvalue weighted by molar-refractivity contribution is 6.10. The van der Waals surface area contributed by atoms with Gasteiger partial charge < -0.3 is 8.98 Å². The maximum atomic E-state index is 6.07. The zero-order valence-electron chi connectivity index (χ0n) is 25.0. The fraction of sp³-hybridized carbons (Fsp3) is 0.122. The van der Waals surface area contributed by atoms with Crippen LogP contribution in [0, 0.1) is 6.92 Å². The normalized spacial score (nSPS) is 14.2. The Labute approximate surface area is 252 Å². The van der Waals surface area contributed by atoms with Crippen molar-refractivity contribution < 1.29 is 4.42 Å². The van der Waals surface area contributed by atoms with Crippen LogP contribution in [0.15, 0.2) is 120 Å². The van der Waals surface area contributed by atoms with Crippen LogP contribution in [0.1, 0.15) is 48.7 Å². The van der Waals surface area contributed by atoms with Crippen molar-refractivity contribution in [2.24, 2.45) is 0 Å². The van der Waals surface area contributed by atoms with E-state index in [4.69, 9.17) is 4.42 Å². The fourth-order valence-corrected chi connectivity index (χ4v) is 7.46. The van der Waals surface area contributed by atoms with E-state index in [1.165, 1.54) is 55.4 Å². The molecular weight excluding hydrogens is 522 g/mol. The number of furan rings is 1. The Morgan fingerprint density at radius 3 is 2.21 bits per heavy atom. The summed E-state index contributed by atoms with van der Waals surface area (Å²) in [5, 5.41) is 3.56. The van der Waals surface area contributed by atoms with Crippen LogP contribution >= 0.6 is 0 Å². The zero-order valence-corrected chi connectivity index (χ0v) is 25.0. The van der Waals surface area contributed by atoms with Crippen molar-refractivity contribution in [1.82, 2.24) is 4.57 Å². The summed E-state index contributed by atoms with van der Waals surface area (Å²) in [4.78, 5) is 0. The molecule has 0 atom stereocenters. The number of fused-ring (bicyclic) bond motifs is 5. The van der Waals surface area contributed by atoms with E-state index in [-0.39, 0.29) is 5.41 Å². The molecule has 2 nitrogen and oxygen atoms in total. The molecule has 2 heterocycles. The van der Waals surface area contributed by atoms with Crippen molar-refractivity contribution in [3.63, 3.8) is 0 Å². The van der Waals surface area contributed by atoms with Gasteiger partial charge in [-0.2, -0.15) is 0 Å². The van der Waals surface area contributed by atoms with E-state index >= 15 is 0 Å². The lowest BCUT2D eigenvalue weighted by atomic mass is 9.77. The van der Waals surface area contributed by atoms with Gasteiger partial charge in [0.05, 0.1) is 11.2 Å². The lowest BCUT2D eigenvalue weighted by Gasteiger charge is -2.26. The first-order valence-corrected chi connectivity index (χ1v) is 15.0. The van der Waals surface area contributed by atoms with Gasteiger partial charge in [-0.3, -0.25) is 0 Å². The van der Waals surface area contributed by atoms with Gasteiger partial charge in [-0.05, 0) is 95.8 Å². The Morgan fingerprint density at radius 1 is 0.698 bits per heavy atom. The molecule has 0 saturated carbocycles. The number of rotatable bonds is 4. The Kier molecular flexibility index (Phi) is 5.49. The van der Waals surface area contributed by atoms with Gasteiger partial charge in [0.2, 0.25) is 0 Å². The van der Waals surface area contributed by atoms with Gasteiger partial charge in [0.25, 0.3) is 0 Å². The summed E-state index contributed by atoms with van der Waals surface area (Å²) < 4.78 is 8.45. The molecule has 7 aromatic rings. The number of hydrogen-bond donors (Lipinski definition) is 0. The summed E-state index contributed by atoms with van der Waals surface area (Å²) in [7, 11) is 0. The molecule has 1 aliphatic rings. The molecular formula is C41H33NO. The van der Waals surface area contributed by atoms with E-state index in [1.807, 2.05) is 18.2 Å². The van der Waals surface area contributed by atoms with E-state index in [1.54, 1.807) is 0 Å². The minimum atomic E-state index is -0.124. The molecule has 0 fully saturated rings. The van der Waals surface area contributed by atoms with Crippen molar-refractivity contribution in [2.75, 3.05) is 0 Å². The molecule has 0 N–H and O–H groups in total. The summed E-state index contributed by atoms with van der Waals surface area (Å²) in [5.74, 6) is 0. The van der Waals surface area contributed by atoms with E-state index in [0.29, 0.717) is 0 Å². The number of allylic oxidation sites excluding steroid dienone is 2. The fourth-order valence-electron chi connectivity index (χ4n) is 7.46. The Hall–Kier alpha value is -5.08. The molecule has 0 amide bonds. The third kappa shape index (κ3) is 3.66. The molecule has 0 unspecified atom stereocenters. The molecule has 8 rings (SSSR count). The number of nitrogens with zero attached hydrogens (tertiary/aromatic N) is 1. The van der Waals surface area contributed by atoms with E-state index in [0.717, 1.165) is 33.3 Å². The Bertz CT molecular complexity index is 2290. The first-order valence-electron chi connectivity index (χ1n) is 15.0. The van der Waals surface area contributed by atoms with Gasteiger partial charge in [0.1, 0.15) is 11.2 Å². The SMILES string of the molecule is C=Cc1c(C2=C(C)c3ccccc3C2(C)C)c2cc(C)ccc2n1-c1ccc(-c2ccc3oc4ccccc4c3c2)cc1. The van der Waals surface area contributed by atoms with Gasteiger partial charge >= 0.3 is 0 Å².